The number of amides is 4. The molecule has 0 spiro atoms. The highest BCUT2D eigenvalue weighted by atomic mass is 32.1. The van der Waals surface area contributed by atoms with Crippen molar-refractivity contribution in [1.29, 1.82) is 0 Å². The number of hydrogen-bond donors (Lipinski definition) is 4. The molecule has 0 radical (unpaired) electrons. The van der Waals surface area contributed by atoms with Gasteiger partial charge in [0.25, 0.3) is 0 Å². The molecule has 0 saturated heterocycles. The summed E-state index contributed by atoms with van der Waals surface area (Å²) in [5.41, 5.74) is 3.61. The lowest BCUT2D eigenvalue weighted by atomic mass is 10.0. The van der Waals surface area contributed by atoms with Gasteiger partial charge in [-0.2, -0.15) is 0 Å². The number of carbonyl (C=O) groups excluding carboxylic acids is 2. The van der Waals surface area contributed by atoms with Gasteiger partial charge in [-0.05, 0) is 41.8 Å². The molecule has 0 atom stereocenters. The van der Waals surface area contributed by atoms with Gasteiger partial charge in [0.05, 0.1) is 0 Å². The average molecular weight is 451 g/mol. The van der Waals surface area contributed by atoms with Crippen LogP contribution in [0.25, 0.3) is 0 Å². The van der Waals surface area contributed by atoms with Crippen LogP contribution in [0.1, 0.15) is 11.1 Å². The molecule has 0 aliphatic heterocycles. The maximum Gasteiger partial charge on any atom is 0.325 e. The molecule has 4 aromatic rings. The molecule has 2 aromatic carbocycles. The summed E-state index contributed by atoms with van der Waals surface area (Å²) in [5, 5.41) is 15.6. The van der Waals surface area contributed by atoms with Crippen LogP contribution in [0.4, 0.5) is 31.2 Å². The molecule has 4 rings (SSSR count). The number of carbonyl (C=O) groups is 2. The van der Waals surface area contributed by atoms with Gasteiger partial charge >= 0.3 is 12.1 Å². The molecule has 0 unspecified atom stereocenters. The third-order valence-corrected chi connectivity index (χ3v) is 5.51. The van der Waals surface area contributed by atoms with Crippen LogP contribution in [-0.2, 0) is 6.42 Å². The maximum atomic E-state index is 12.0. The number of urea groups is 2. The largest absolute Gasteiger partial charge is 0.325 e. The van der Waals surface area contributed by atoms with E-state index in [1.807, 2.05) is 48.5 Å². The van der Waals surface area contributed by atoms with Crippen LogP contribution in [-0.4, -0.2) is 22.0 Å². The Kier molecular flexibility index (Phi) is 6.50. The van der Waals surface area contributed by atoms with E-state index >= 15 is 0 Å². The van der Waals surface area contributed by atoms with Crippen LogP contribution in [0.2, 0.25) is 0 Å². The van der Waals surface area contributed by atoms with Gasteiger partial charge in [0, 0.05) is 34.5 Å². The Morgan fingerprint density at radius 2 is 1.06 bits per heavy atom. The maximum absolute atomic E-state index is 12.0. The van der Waals surface area contributed by atoms with Gasteiger partial charge < -0.3 is 10.6 Å². The monoisotopic (exact) mass is 450 g/mol. The van der Waals surface area contributed by atoms with Crippen molar-refractivity contribution < 1.29 is 9.59 Å². The lowest BCUT2D eigenvalue weighted by molar-refractivity contribution is 0.261. The first kappa shape index (κ1) is 20.5. The first-order valence-electron chi connectivity index (χ1n) is 9.27. The van der Waals surface area contributed by atoms with Gasteiger partial charge in [-0.3, -0.25) is 10.6 Å². The zero-order chi connectivity index (χ0) is 21.5. The molecule has 0 saturated carbocycles. The van der Waals surface area contributed by atoms with E-state index < -0.39 is 0 Å². The molecular formula is C21H18N6O2S2. The number of hydrogen-bond acceptors (Lipinski definition) is 6. The fourth-order valence-corrected chi connectivity index (χ4v) is 3.78. The van der Waals surface area contributed by atoms with Crippen molar-refractivity contribution in [3.63, 3.8) is 0 Å². The van der Waals surface area contributed by atoms with Crippen LogP contribution in [0, 0.1) is 0 Å². The Morgan fingerprint density at radius 1 is 0.645 bits per heavy atom. The number of rotatable bonds is 6. The number of nitrogens with zero attached hydrogens (tertiary/aromatic N) is 2. The predicted molar refractivity (Wildman–Crippen MR) is 125 cm³/mol. The normalized spacial score (nSPS) is 10.3. The van der Waals surface area contributed by atoms with Crippen molar-refractivity contribution in [3.8, 4) is 0 Å². The van der Waals surface area contributed by atoms with E-state index in [1.54, 1.807) is 23.2 Å². The van der Waals surface area contributed by atoms with Crippen molar-refractivity contribution in [2.45, 2.75) is 6.42 Å². The number of anilines is 4. The standard InChI is InChI=1S/C21H18N6O2S2/c28-18(26-20-22-9-11-30-20)24-16-5-1-14(2-6-16)13-15-3-7-17(8-4-15)25-19(29)27-21-23-10-12-31-21/h1-12H,13H2,(H2,22,24,26,28)(H2,23,25,27,29). The molecule has 10 heteroatoms. The van der Waals surface area contributed by atoms with Crippen molar-refractivity contribution in [2.24, 2.45) is 0 Å². The third kappa shape index (κ3) is 6.11. The molecule has 4 amide bonds. The van der Waals surface area contributed by atoms with Crippen LogP contribution < -0.4 is 21.3 Å². The molecule has 2 heterocycles. The van der Waals surface area contributed by atoms with Gasteiger partial charge in [0.2, 0.25) is 0 Å². The number of nitrogens with one attached hydrogen (secondary N) is 4. The molecule has 0 aliphatic rings. The highest BCUT2D eigenvalue weighted by molar-refractivity contribution is 7.14. The first-order chi connectivity index (χ1) is 15.1. The first-order valence-corrected chi connectivity index (χ1v) is 11.0. The number of thiazole rings is 2. The molecule has 0 fully saturated rings. The Balaban J connectivity index is 1.27. The zero-order valence-corrected chi connectivity index (χ0v) is 17.8. The molecule has 2 aromatic heterocycles. The van der Waals surface area contributed by atoms with Gasteiger partial charge in [0.15, 0.2) is 10.3 Å². The molecule has 156 valence electrons. The van der Waals surface area contributed by atoms with Crippen LogP contribution >= 0.6 is 22.7 Å². The number of benzene rings is 2. The van der Waals surface area contributed by atoms with E-state index in [-0.39, 0.29) is 12.1 Å². The van der Waals surface area contributed by atoms with Crippen molar-refractivity contribution in [2.75, 3.05) is 21.3 Å². The summed E-state index contributed by atoms with van der Waals surface area (Å²) < 4.78 is 0. The molecule has 8 nitrogen and oxygen atoms in total. The Morgan fingerprint density at radius 3 is 1.42 bits per heavy atom. The number of aromatic nitrogens is 2. The van der Waals surface area contributed by atoms with Gasteiger partial charge in [0.1, 0.15) is 0 Å². The second-order valence-corrected chi connectivity index (χ2v) is 8.19. The van der Waals surface area contributed by atoms with Gasteiger partial charge in [-0.15, -0.1) is 22.7 Å². The summed E-state index contributed by atoms with van der Waals surface area (Å²) in [5.74, 6) is 0. The quantitative estimate of drug-likeness (QED) is 0.312. The fourth-order valence-electron chi connectivity index (χ4n) is 2.74. The summed E-state index contributed by atoms with van der Waals surface area (Å²) in [6.07, 6.45) is 4.00. The predicted octanol–water partition coefficient (Wildman–Crippen LogP) is 5.48. The minimum Gasteiger partial charge on any atom is -0.308 e. The topological polar surface area (TPSA) is 108 Å². The lowest BCUT2D eigenvalue weighted by Gasteiger charge is -2.08. The Hall–Kier alpha value is -3.76. The van der Waals surface area contributed by atoms with E-state index in [0.717, 1.165) is 17.5 Å². The zero-order valence-electron chi connectivity index (χ0n) is 16.2. The molecule has 0 bridgehead atoms. The van der Waals surface area contributed by atoms with Crippen LogP contribution in [0.3, 0.4) is 0 Å². The van der Waals surface area contributed by atoms with Crippen molar-refractivity contribution in [3.05, 3.63) is 82.8 Å². The minimum atomic E-state index is -0.329. The van der Waals surface area contributed by atoms with Gasteiger partial charge in [-0.1, -0.05) is 24.3 Å². The molecule has 31 heavy (non-hydrogen) atoms. The highest BCUT2D eigenvalue weighted by Crippen LogP contribution is 2.17. The highest BCUT2D eigenvalue weighted by Gasteiger charge is 2.06. The summed E-state index contributed by atoms with van der Waals surface area (Å²) in [4.78, 5) is 31.9. The summed E-state index contributed by atoms with van der Waals surface area (Å²) >= 11 is 2.72. The third-order valence-electron chi connectivity index (χ3n) is 4.14. The van der Waals surface area contributed by atoms with Crippen molar-refractivity contribution >= 4 is 56.4 Å². The molecular weight excluding hydrogens is 432 g/mol. The minimum absolute atomic E-state index is 0.329. The van der Waals surface area contributed by atoms with E-state index in [4.69, 9.17) is 0 Å². The smallest absolute Gasteiger partial charge is 0.308 e. The van der Waals surface area contributed by atoms with Crippen LogP contribution in [0.5, 0.6) is 0 Å². The molecule has 0 aliphatic carbocycles. The van der Waals surface area contributed by atoms with E-state index in [2.05, 4.69) is 31.2 Å². The second kappa shape index (κ2) is 9.83. The SMILES string of the molecule is O=C(Nc1ccc(Cc2ccc(NC(=O)Nc3nccs3)cc2)cc1)Nc1nccs1. The lowest BCUT2D eigenvalue weighted by Crippen LogP contribution is -2.19. The van der Waals surface area contributed by atoms with E-state index in [1.165, 1.54) is 22.7 Å². The van der Waals surface area contributed by atoms with E-state index in [9.17, 15) is 9.59 Å². The Bertz CT molecular complexity index is 1040. The van der Waals surface area contributed by atoms with Gasteiger partial charge in [-0.25, -0.2) is 19.6 Å². The van der Waals surface area contributed by atoms with Crippen molar-refractivity contribution in [1.82, 2.24) is 9.97 Å². The Labute approximate surface area is 186 Å². The average Bonchev–Trinajstić information content (AvgIpc) is 3.45. The summed E-state index contributed by atoms with van der Waals surface area (Å²) in [6.45, 7) is 0. The van der Waals surface area contributed by atoms with Crippen LogP contribution in [0.15, 0.2) is 71.7 Å². The summed E-state index contributed by atoms with van der Waals surface area (Å²) in [7, 11) is 0. The second-order valence-electron chi connectivity index (χ2n) is 6.40. The summed E-state index contributed by atoms with van der Waals surface area (Å²) in [6, 6.07) is 14.6. The fraction of sp³-hybridized carbons (Fsp3) is 0.0476. The molecule has 4 N–H and O–H groups in total. The van der Waals surface area contributed by atoms with E-state index in [0.29, 0.717) is 21.6 Å².